The standard InChI is InChI=1S/C22H25N3/c1-18-14-23-22(25(18)16-20-10-6-3-7-11-20)21-12-13-24(17-21)15-19-8-4-2-5-9-19/h2-11,14,21H,12-13,15-17H2,1H3. The fourth-order valence-corrected chi connectivity index (χ4v) is 3.81. The maximum absolute atomic E-state index is 4.77. The molecule has 0 amide bonds. The number of aryl methyl sites for hydroxylation is 1. The average Bonchev–Trinajstić information content (AvgIpc) is 3.24. The maximum atomic E-state index is 4.77. The lowest BCUT2D eigenvalue weighted by Crippen LogP contribution is -2.20. The second-order valence-electron chi connectivity index (χ2n) is 7.04. The number of benzene rings is 2. The lowest BCUT2D eigenvalue weighted by Gasteiger charge is -2.17. The van der Waals surface area contributed by atoms with Crippen molar-refractivity contribution in [3.8, 4) is 0 Å². The van der Waals surface area contributed by atoms with E-state index in [2.05, 4.69) is 77.1 Å². The van der Waals surface area contributed by atoms with Crippen LogP contribution < -0.4 is 0 Å². The average molecular weight is 331 g/mol. The second-order valence-corrected chi connectivity index (χ2v) is 7.04. The smallest absolute Gasteiger partial charge is 0.113 e. The van der Waals surface area contributed by atoms with E-state index in [1.54, 1.807) is 0 Å². The van der Waals surface area contributed by atoms with E-state index in [1.807, 2.05) is 6.20 Å². The van der Waals surface area contributed by atoms with Gasteiger partial charge < -0.3 is 4.57 Å². The first-order valence-corrected chi connectivity index (χ1v) is 9.12. The van der Waals surface area contributed by atoms with Gasteiger partial charge in [-0.05, 0) is 31.0 Å². The highest BCUT2D eigenvalue weighted by molar-refractivity contribution is 5.19. The van der Waals surface area contributed by atoms with E-state index in [9.17, 15) is 0 Å². The van der Waals surface area contributed by atoms with E-state index in [0.29, 0.717) is 5.92 Å². The lowest BCUT2D eigenvalue weighted by atomic mass is 10.1. The molecule has 0 spiro atoms. The van der Waals surface area contributed by atoms with E-state index in [-0.39, 0.29) is 0 Å². The van der Waals surface area contributed by atoms with Crippen LogP contribution in [0.25, 0.3) is 0 Å². The molecule has 1 saturated heterocycles. The molecular weight excluding hydrogens is 306 g/mol. The highest BCUT2D eigenvalue weighted by atomic mass is 15.2. The van der Waals surface area contributed by atoms with Crippen molar-refractivity contribution in [2.45, 2.75) is 32.4 Å². The molecule has 1 atom stereocenters. The molecule has 1 aliphatic heterocycles. The van der Waals surface area contributed by atoms with Gasteiger partial charge in [0.1, 0.15) is 5.82 Å². The second kappa shape index (κ2) is 7.24. The van der Waals surface area contributed by atoms with Crippen molar-refractivity contribution < 1.29 is 0 Å². The van der Waals surface area contributed by atoms with Crippen molar-refractivity contribution in [2.75, 3.05) is 13.1 Å². The molecule has 3 heteroatoms. The van der Waals surface area contributed by atoms with Crippen LogP contribution in [0, 0.1) is 6.92 Å². The van der Waals surface area contributed by atoms with Crippen LogP contribution in [0.15, 0.2) is 66.9 Å². The van der Waals surface area contributed by atoms with Crippen molar-refractivity contribution in [1.29, 1.82) is 0 Å². The van der Waals surface area contributed by atoms with Crippen molar-refractivity contribution in [1.82, 2.24) is 14.5 Å². The highest BCUT2D eigenvalue weighted by Crippen LogP contribution is 2.28. The Morgan fingerprint density at radius 1 is 0.920 bits per heavy atom. The summed E-state index contributed by atoms with van der Waals surface area (Å²) in [7, 11) is 0. The van der Waals surface area contributed by atoms with Crippen LogP contribution >= 0.6 is 0 Å². The maximum Gasteiger partial charge on any atom is 0.113 e. The summed E-state index contributed by atoms with van der Waals surface area (Å²) in [4.78, 5) is 7.32. The molecule has 3 aromatic rings. The summed E-state index contributed by atoms with van der Waals surface area (Å²) in [5.41, 5.74) is 3.98. The van der Waals surface area contributed by atoms with Gasteiger partial charge >= 0.3 is 0 Å². The number of hydrogen-bond acceptors (Lipinski definition) is 2. The third-order valence-corrected chi connectivity index (χ3v) is 5.16. The monoisotopic (exact) mass is 331 g/mol. The fourth-order valence-electron chi connectivity index (χ4n) is 3.81. The first kappa shape index (κ1) is 16.1. The number of likely N-dealkylation sites (tertiary alicyclic amines) is 1. The topological polar surface area (TPSA) is 21.1 Å². The Bertz CT molecular complexity index is 808. The van der Waals surface area contributed by atoms with Gasteiger partial charge in [0.2, 0.25) is 0 Å². The Morgan fingerprint density at radius 3 is 2.24 bits per heavy atom. The summed E-state index contributed by atoms with van der Waals surface area (Å²) in [6.45, 7) is 6.36. The van der Waals surface area contributed by atoms with Gasteiger partial charge in [0, 0.05) is 37.4 Å². The van der Waals surface area contributed by atoms with Gasteiger partial charge in [0.25, 0.3) is 0 Å². The zero-order valence-corrected chi connectivity index (χ0v) is 14.8. The van der Waals surface area contributed by atoms with Crippen molar-refractivity contribution in [3.63, 3.8) is 0 Å². The quantitative estimate of drug-likeness (QED) is 0.697. The molecule has 0 radical (unpaired) electrons. The molecule has 1 unspecified atom stereocenters. The SMILES string of the molecule is Cc1cnc(C2CCN(Cc3ccccc3)C2)n1Cc1ccccc1. The summed E-state index contributed by atoms with van der Waals surface area (Å²) in [6, 6.07) is 21.4. The third kappa shape index (κ3) is 3.67. The third-order valence-electron chi connectivity index (χ3n) is 5.16. The number of rotatable bonds is 5. The molecular formula is C22H25N3. The minimum atomic E-state index is 0.529. The molecule has 0 saturated carbocycles. The number of aromatic nitrogens is 2. The van der Waals surface area contributed by atoms with Gasteiger partial charge in [-0.25, -0.2) is 4.98 Å². The molecule has 1 aliphatic rings. The Morgan fingerprint density at radius 2 is 1.56 bits per heavy atom. The summed E-state index contributed by atoms with van der Waals surface area (Å²) in [5, 5.41) is 0. The first-order valence-electron chi connectivity index (χ1n) is 9.12. The molecule has 1 fully saturated rings. The summed E-state index contributed by atoms with van der Waals surface area (Å²) in [5.74, 6) is 1.78. The fraction of sp³-hybridized carbons (Fsp3) is 0.318. The van der Waals surface area contributed by atoms with Gasteiger partial charge in [-0.3, -0.25) is 4.90 Å². The van der Waals surface area contributed by atoms with E-state index in [4.69, 9.17) is 4.98 Å². The van der Waals surface area contributed by atoms with Crippen molar-refractivity contribution >= 4 is 0 Å². The van der Waals surface area contributed by atoms with Gasteiger partial charge in [0.15, 0.2) is 0 Å². The molecule has 1 aromatic heterocycles. The van der Waals surface area contributed by atoms with Gasteiger partial charge in [-0.2, -0.15) is 0 Å². The number of nitrogens with zero attached hydrogens (tertiary/aromatic N) is 3. The first-order chi connectivity index (χ1) is 12.3. The zero-order chi connectivity index (χ0) is 17.1. The van der Waals surface area contributed by atoms with E-state index in [0.717, 1.165) is 26.2 Å². The molecule has 0 N–H and O–H groups in total. The van der Waals surface area contributed by atoms with Gasteiger partial charge in [0.05, 0.1) is 0 Å². The van der Waals surface area contributed by atoms with E-state index >= 15 is 0 Å². The van der Waals surface area contributed by atoms with E-state index < -0.39 is 0 Å². The molecule has 2 heterocycles. The van der Waals surface area contributed by atoms with Crippen LogP contribution in [0.2, 0.25) is 0 Å². The molecule has 3 nitrogen and oxygen atoms in total. The van der Waals surface area contributed by atoms with Crippen LogP contribution in [0.4, 0.5) is 0 Å². The molecule has 0 bridgehead atoms. The predicted octanol–water partition coefficient (Wildman–Crippen LogP) is 4.23. The predicted molar refractivity (Wildman–Crippen MR) is 102 cm³/mol. The van der Waals surface area contributed by atoms with E-state index in [1.165, 1.54) is 29.1 Å². The van der Waals surface area contributed by atoms with Crippen LogP contribution in [0.3, 0.4) is 0 Å². The normalized spacial score (nSPS) is 17.9. The van der Waals surface area contributed by atoms with Crippen LogP contribution in [-0.2, 0) is 13.1 Å². The molecule has 4 rings (SSSR count). The number of imidazole rings is 1. The van der Waals surface area contributed by atoms with Crippen molar-refractivity contribution in [2.24, 2.45) is 0 Å². The molecule has 0 aliphatic carbocycles. The molecule has 128 valence electrons. The Hall–Kier alpha value is -2.39. The Labute approximate surface area is 149 Å². The van der Waals surface area contributed by atoms with Gasteiger partial charge in [-0.1, -0.05) is 60.7 Å². The Balaban J connectivity index is 1.48. The van der Waals surface area contributed by atoms with Crippen LogP contribution in [0.1, 0.15) is 35.0 Å². The summed E-state index contributed by atoms with van der Waals surface area (Å²) in [6.07, 6.45) is 3.22. The molecule has 25 heavy (non-hydrogen) atoms. The van der Waals surface area contributed by atoms with Crippen molar-refractivity contribution in [3.05, 3.63) is 89.5 Å². The largest absolute Gasteiger partial charge is 0.328 e. The Kier molecular flexibility index (Phi) is 4.66. The zero-order valence-electron chi connectivity index (χ0n) is 14.8. The minimum absolute atomic E-state index is 0.529. The van der Waals surface area contributed by atoms with Crippen LogP contribution in [0.5, 0.6) is 0 Å². The highest BCUT2D eigenvalue weighted by Gasteiger charge is 2.27. The van der Waals surface area contributed by atoms with Gasteiger partial charge in [-0.15, -0.1) is 0 Å². The molecule has 2 aromatic carbocycles. The van der Waals surface area contributed by atoms with Crippen LogP contribution in [-0.4, -0.2) is 27.5 Å². The minimum Gasteiger partial charge on any atom is -0.328 e. The summed E-state index contributed by atoms with van der Waals surface area (Å²) >= 11 is 0. The number of hydrogen-bond donors (Lipinski definition) is 0. The summed E-state index contributed by atoms with van der Waals surface area (Å²) < 4.78 is 2.39. The lowest BCUT2D eigenvalue weighted by molar-refractivity contribution is 0.325.